The first kappa shape index (κ1) is 18.6. The molecule has 1 aliphatic rings. The maximum atomic E-state index is 13.0. The minimum Gasteiger partial charge on any atom is -0.459 e. The predicted molar refractivity (Wildman–Crippen MR) is 107 cm³/mol. The molecular formula is C24H19NO4. The highest BCUT2D eigenvalue weighted by atomic mass is 16.5. The third-order valence-corrected chi connectivity index (χ3v) is 4.91. The topological polar surface area (TPSA) is 63.7 Å². The van der Waals surface area contributed by atoms with Crippen LogP contribution in [0.2, 0.25) is 0 Å². The number of carbonyl (C=O) groups is 3. The third-order valence-electron chi connectivity index (χ3n) is 4.91. The SMILES string of the molecule is O=C(OCc1ccccc1)C(Cc1ccccc1)N1C(=O)c2ccccc2C1=O. The normalized spacial score (nSPS) is 13.9. The second kappa shape index (κ2) is 8.10. The molecule has 0 bridgehead atoms. The molecule has 0 saturated heterocycles. The quantitative estimate of drug-likeness (QED) is 0.480. The van der Waals surface area contributed by atoms with E-state index in [1.54, 1.807) is 24.3 Å². The number of benzene rings is 3. The minimum absolute atomic E-state index is 0.0775. The first-order chi connectivity index (χ1) is 14.1. The van der Waals surface area contributed by atoms with Crippen molar-refractivity contribution in [3.05, 3.63) is 107 Å². The van der Waals surface area contributed by atoms with Crippen molar-refractivity contribution in [1.82, 2.24) is 4.90 Å². The van der Waals surface area contributed by atoms with E-state index in [0.29, 0.717) is 11.1 Å². The van der Waals surface area contributed by atoms with Crippen LogP contribution in [0.15, 0.2) is 84.9 Å². The molecule has 3 aromatic carbocycles. The van der Waals surface area contributed by atoms with Crippen molar-refractivity contribution >= 4 is 17.8 Å². The highest BCUT2D eigenvalue weighted by Crippen LogP contribution is 2.26. The lowest BCUT2D eigenvalue weighted by Gasteiger charge is -2.24. The van der Waals surface area contributed by atoms with Gasteiger partial charge in [0.2, 0.25) is 0 Å². The maximum absolute atomic E-state index is 13.0. The molecule has 0 aliphatic carbocycles. The molecule has 5 nitrogen and oxygen atoms in total. The van der Waals surface area contributed by atoms with Gasteiger partial charge in [-0.3, -0.25) is 14.5 Å². The van der Waals surface area contributed by atoms with Gasteiger partial charge in [0.25, 0.3) is 11.8 Å². The molecule has 0 spiro atoms. The Kier molecular flexibility index (Phi) is 5.20. The summed E-state index contributed by atoms with van der Waals surface area (Å²) >= 11 is 0. The van der Waals surface area contributed by atoms with Gasteiger partial charge < -0.3 is 4.74 Å². The van der Waals surface area contributed by atoms with Crippen LogP contribution >= 0.6 is 0 Å². The molecule has 2 amide bonds. The fourth-order valence-electron chi connectivity index (χ4n) is 3.43. The van der Waals surface area contributed by atoms with E-state index in [9.17, 15) is 14.4 Å². The minimum atomic E-state index is -1.03. The molecule has 0 saturated carbocycles. The van der Waals surface area contributed by atoms with Crippen molar-refractivity contribution in [3.63, 3.8) is 0 Å². The van der Waals surface area contributed by atoms with Crippen molar-refractivity contribution in [2.24, 2.45) is 0 Å². The molecule has 1 unspecified atom stereocenters. The number of rotatable bonds is 6. The maximum Gasteiger partial charge on any atom is 0.330 e. The van der Waals surface area contributed by atoms with Crippen LogP contribution in [0.4, 0.5) is 0 Å². The van der Waals surface area contributed by atoms with Gasteiger partial charge in [-0.05, 0) is 23.3 Å². The third kappa shape index (κ3) is 3.80. The summed E-state index contributed by atoms with van der Waals surface area (Å²) in [5.41, 5.74) is 2.30. The van der Waals surface area contributed by atoms with Gasteiger partial charge in [-0.2, -0.15) is 0 Å². The van der Waals surface area contributed by atoms with Gasteiger partial charge in [0.1, 0.15) is 12.6 Å². The van der Waals surface area contributed by atoms with E-state index in [2.05, 4.69) is 0 Å². The molecule has 4 rings (SSSR count). The molecule has 1 atom stereocenters. The zero-order chi connectivity index (χ0) is 20.2. The molecule has 0 N–H and O–H groups in total. The largest absolute Gasteiger partial charge is 0.459 e. The molecule has 29 heavy (non-hydrogen) atoms. The predicted octanol–water partition coefficient (Wildman–Crippen LogP) is 3.64. The standard InChI is InChI=1S/C24H19NO4/c26-22-19-13-7-8-14-20(19)23(27)25(22)21(15-17-9-3-1-4-10-17)24(28)29-16-18-11-5-2-6-12-18/h1-14,21H,15-16H2. The Hall–Kier alpha value is -3.73. The Bertz CT molecular complexity index is 1010. The Morgan fingerprint density at radius 1 is 0.724 bits per heavy atom. The zero-order valence-corrected chi connectivity index (χ0v) is 15.7. The summed E-state index contributed by atoms with van der Waals surface area (Å²) in [6.07, 6.45) is 0.194. The van der Waals surface area contributed by atoms with E-state index in [1.807, 2.05) is 60.7 Å². The lowest BCUT2D eigenvalue weighted by Crippen LogP contribution is -2.47. The summed E-state index contributed by atoms with van der Waals surface area (Å²) in [6.45, 7) is 0.0775. The van der Waals surface area contributed by atoms with Crippen LogP contribution in [0, 0.1) is 0 Å². The highest BCUT2D eigenvalue weighted by molar-refractivity contribution is 6.22. The first-order valence-corrected chi connectivity index (χ1v) is 9.36. The van der Waals surface area contributed by atoms with E-state index in [1.165, 1.54) is 0 Å². The van der Waals surface area contributed by atoms with Crippen molar-refractivity contribution in [2.75, 3.05) is 0 Å². The van der Waals surface area contributed by atoms with Gasteiger partial charge in [0.15, 0.2) is 0 Å². The average molecular weight is 385 g/mol. The number of nitrogens with zero attached hydrogens (tertiary/aromatic N) is 1. The van der Waals surface area contributed by atoms with Crippen LogP contribution in [-0.4, -0.2) is 28.7 Å². The summed E-state index contributed by atoms with van der Waals surface area (Å²) in [5.74, 6) is -1.54. The molecule has 1 aliphatic heterocycles. The first-order valence-electron chi connectivity index (χ1n) is 9.36. The van der Waals surface area contributed by atoms with E-state index in [4.69, 9.17) is 4.74 Å². The Labute approximate surface area is 168 Å². The van der Waals surface area contributed by atoms with Crippen molar-refractivity contribution in [1.29, 1.82) is 0 Å². The van der Waals surface area contributed by atoms with Crippen LogP contribution in [0.5, 0.6) is 0 Å². The van der Waals surface area contributed by atoms with E-state index in [-0.39, 0.29) is 13.0 Å². The van der Waals surface area contributed by atoms with E-state index >= 15 is 0 Å². The molecule has 1 heterocycles. The van der Waals surface area contributed by atoms with Crippen LogP contribution < -0.4 is 0 Å². The van der Waals surface area contributed by atoms with Crippen LogP contribution in [0.1, 0.15) is 31.8 Å². The van der Waals surface area contributed by atoms with Gasteiger partial charge in [0, 0.05) is 6.42 Å². The zero-order valence-electron chi connectivity index (χ0n) is 15.7. The number of hydrogen-bond acceptors (Lipinski definition) is 4. The summed E-state index contributed by atoms with van der Waals surface area (Å²) < 4.78 is 5.49. The number of hydrogen-bond donors (Lipinski definition) is 0. The fraction of sp³-hybridized carbons (Fsp3) is 0.125. The summed E-state index contributed by atoms with van der Waals surface area (Å²) in [5, 5.41) is 0. The van der Waals surface area contributed by atoms with Crippen LogP contribution in [0.25, 0.3) is 0 Å². The number of imide groups is 1. The Morgan fingerprint density at radius 3 is 1.76 bits per heavy atom. The van der Waals surface area contributed by atoms with Crippen molar-refractivity contribution in [3.8, 4) is 0 Å². The van der Waals surface area contributed by atoms with Crippen LogP contribution in [-0.2, 0) is 22.6 Å². The highest BCUT2D eigenvalue weighted by Gasteiger charge is 2.43. The summed E-state index contributed by atoms with van der Waals surface area (Å²) in [4.78, 5) is 39.8. The van der Waals surface area contributed by atoms with E-state index < -0.39 is 23.8 Å². The molecular weight excluding hydrogens is 366 g/mol. The lowest BCUT2D eigenvalue weighted by atomic mass is 10.0. The monoisotopic (exact) mass is 385 g/mol. The second-order valence-electron chi connectivity index (χ2n) is 6.82. The molecule has 144 valence electrons. The van der Waals surface area contributed by atoms with Crippen LogP contribution in [0.3, 0.4) is 0 Å². The number of carbonyl (C=O) groups excluding carboxylic acids is 3. The van der Waals surface area contributed by atoms with Gasteiger partial charge in [-0.1, -0.05) is 72.8 Å². The Balaban J connectivity index is 1.61. The molecule has 0 radical (unpaired) electrons. The van der Waals surface area contributed by atoms with Gasteiger partial charge in [0.05, 0.1) is 11.1 Å². The van der Waals surface area contributed by atoms with Gasteiger partial charge in [-0.15, -0.1) is 0 Å². The van der Waals surface area contributed by atoms with Gasteiger partial charge in [-0.25, -0.2) is 4.79 Å². The molecule has 5 heteroatoms. The molecule has 0 aromatic heterocycles. The molecule has 0 fully saturated rings. The Morgan fingerprint density at radius 2 is 1.21 bits per heavy atom. The van der Waals surface area contributed by atoms with Crippen molar-refractivity contribution in [2.45, 2.75) is 19.1 Å². The number of esters is 1. The smallest absolute Gasteiger partial charge is 0.330 e. The number of amides is 2. The summed E-state index contributed by atoms with van der Waals surface area (Å²) in [7, 11) is 0. The molecule has 3 aromatic rings. The number of fused-ring (bicyclic) bond motifs is 1. The summed E-state index contributed by atoms with van der Waals surface area (Å²) in [6, 6.07) is 24.1. The van der Waals surface area contributed by atoms with E-state index in [0.717, 1.165) is 16.0 Å². The average Bonchev–Trinajstić information content (AvgIpc) is 3.02. The number of ether oxygens (including phenoxy) is 1. The lowest BCUT2D eigenvalue weighted by molar-refractivity contribution is -0.149. The van der Waals surface area contributed by atoms with Crippen molar-refractivity contribution < 1.29 is 19.1 Å². The van der Waals surface area contributed by atoms with Gasteiger partial charge >= 0.3 is 5.97 Å². The second-order valence-corrected chi connectivity index (χ2v) is 6.82. The fourth-order valence-corrected chi connectivity index (χ4v) is 3.43.